The first-order valence-electron chi connectivity index (χ1n) is 8.06. The van der Waals surface area contributed by atoms with E-state index in [1.807, 2.05) is 42.5 Å². The summed E-state index contributed by atoms with van der Waals surface area (Å²) in [5, 5.41) is 3.87. The third-order valence-corrected chi connectivity index (χ3v) is 6.03. The van der Waals surface area contributed by atoms with Crippen molar-refractivity contribution in [3.8, 4) is 10.4 Å². The lowest BCUT2D eigenvalue weighted by molar-refractivity contribution is -0.119. The van der Waals surface area contributed by atoms with Crippen molar-refractivity contribution >= 4 is 33.5 Å². The van der Waals surface area contributed by atoms with Gasteiger partial charge in [-0.3, -0.25) is 4.79 Å². The maximum atomic E-state index is 12.0. The van der Waals surface area contributed by atoms with E-state index in [4.69, 9.17) is 0 Å². The average molecular weight is 399 g/mol. The highest BCUT2D eigenvalue weighted by atomic mass is 32.2. The zero-order chi connectivity index (χ0) is 19.1. The molecule has 3 rings (SSSR count). The summed E-state index contributed by atoms with van der Waals surface area (Å²) in [4.78, 5) is 13.9. The molecule has 0 radical (unpaired) electrons. The van der Waals surface area contributed by atoms with Gasteiger partial charge in [0.25, 0.3) is 5.91 Å². The first-order valence-corrected chi connectivity index (χ1v) is 10.4. The van der Waals surface area contributed by atoms with E-state index in [2.05, 4.69) is 15.2 Å². The van der Waals surface area contributed by atoms with Crippen LogP contribution in [0.5, 0.6) is 0 Å². The minimum atomic E-state index is -3.72. The molecule has 0 aliphatic carbocycles. The number of benzene rings is 2. The van der Waals surface area contributed by atoms with Gasteiger partial charge in [-0.2, -0.15) is 5.10 Å². The van der Waals surface area contributed by atoms with E-state index >= 15 is 0 Å². The van der Waals surface area contributed by atoms with Crippen LogP contribution in [0, 0.1) is 0 Å². The summed E-state index contributed by atoms with van der Waals surface area (Å²) in [5.74, 6) is -0.550. The van der Waals surface area contributed by atoms with E-state index in [-0.39, 0.29) is 4.90 Å². The van der Waals surface area contributed by atoms with Gasteiger partial charge in [0.2, 0.25) is 10.0 Å². The van der Waals surface area contributed by atoms with Crippen molar-refractivity contribution in [2.45, 2.75) is 4.90 Å². The topological polar surface area (TPSA) is 87.6 Å². The quantitative estimate of drug-likeness (QED) is 0.473. The number of carbonyl (C=O) groups is 1. The summed E-state index contributed by atoms with van der Waals surface area (Å²) in [5.41, 5.74) is 3.43. The Labute approximate surface area is 161 Å². The van der Waals surface area contributed by atoms with E-state index < -0.39 is 22.5 Å². The van der Waals surface area contributed by atoms with Gasteiger partial charge in [0.1, 0.15) is 0 Å². The van der Waals surface area contributed by atoms with Crippen molar-refractivity contribution in [2.75, 3.05) is 6.54 Å². The molecule has 0 fully saturated rings. The number of amides is 1. The second kappa shape index (κ2) is 8.72. The second-order valence-electron chi connectivity index (χ2n) is 5.50. The number of nitrogens with zero attached hydrogens (tertiary/aromatic N) is 1. The number of carbonyl (C=O) groups excluding carboxylic acids is 1. The predicted octanol–water partition coefficient (Wildman–Crippen LogP) is 2.84. The average Bonchev–Trinajstić information content (AvgIpc) is 3.17. The molecule has 0 spiro atoms. The fraction of sp³-hybridized carbons (Fsp3) is 0.0526. The number of rotatable bonds is 7. The van der Waals surface area contributed by atoms with Crippen LogP contribution >= 0.6 is 11.3 Å². The third-order valence-electron chi connectivity index (χ3n) is 3.54. The van der Waals surface area contributed by atoms with Crippen LogP contribution in [0.25, 0.3) is 10.4 Å². The Hall–Kier alpha value is -2.81. The van der Waals surface area contributed by atoms with Crippen molar-refractivity contribution in [1.29, 1.82) is 0 Å². The molecule has 3 aromatic rings. The van der Waals surface area contributed by atoms with Gasteiger partial charge in [-0.25, -0.2) is 18.6 Å². The number of nitrogens with one attached hydrogen (secondary N) is 2. The second-order valence-corrected chi connectivity index (χ2v) is 8.38. The number of thiophene rings is 1. The van der Waals surface area contributed by atoms with Gasteiger partial charge in [0, 0.05) is 9.75 Å². The van der Waals surface area contributed by atoms with Crippen molar-refractivity contribution < 1.29 is 13.2 Å². The van der Waals surface area contributed by atoms with Gasteiger partial charge >= 0.3 is 0 Å². The summed E-state index contributed by atoms with van der Waals surface area (Å²) in [6, 6.07) is 21.7. The Balaban J connectivity index is 1.51. The minimum absolute atomic E-state index is 0.105. The number of hydrogen-bond acceptors (Lipinski definition) is 5. The van der Waals surface area contributed by atoms with E-state index in [1.54, 1.807) is 29.5 Å². The minimum Gasteiger partial charge on any atom is -0.272 e. The first-order chi connectivity index (χ1) is 13.0. The lowest BCUT2D eigenvalue weighted by Crippen LogP contribution is -2.34. The van der Waals surface area contributed by atoms with Gasteiger partial charge < -0.3 is 0 Å². The molecule has 8 heteroatoms. The fourth-order valence-electron chi connectivity index (χ4n) is 2.23. The summed E-state index contributed by atoms with van der Waals surface area (Å²) in [7, 11) is -3.72. The maximum absolute atomic E-state index is 12.0. The van der Waals surface area contributed by atoms with E-state index in [0.29, 0.717) is 0 Å². The summed E-state index contributed by atoms with van der Waals surface area (Å²) in [6.07, 6.45) is 1.53. The van der Waals surface area contributed by atoms with E-state index in [0.717, 1.165) is 15.3 Å². The van der Waals surface area contributed by atoms with Crippen molar-refractivity contribution in [3.63, 3.8) is 0 Å². The zero-order valence-electron chi connectivity index (χ0n) is 14.2. The predicted molar refractivity (Wildman–Crippen MR) is 107 cm³/mol. The fourth-order valence-corrected chi connectivity index (χ4v) is 4.12. The van der Waals surface area contributed by atoms with Gasteiger partial charge in [-0.05, 0) is 29.8 Å². The molecule has 0 unspecified atom stereocenters. The molecule has 1 aromatic heterocycles. The van der Waals surface area contributed by atoms with Crippen LogP contribution in [-0.2, 0) is 14.8 Å². The lowest BCUT2D eigenvalue weighted by atomic mass is 10.2. The molecular formula is C19H17N3O3S2. The van der Waals surface area contributed by atoms with E-state index in [1.165, 1.54) is 18.3 Å². The van der Waals surface area contributed by atoms with Crippen LogP contribution in [0.2, 0.25) is 0 Å². The molecule has 2 N–H and O–H groups in total. The monoisotopic (exact) mass is 399 g/mol. The highest BCUT2D eigenvalue weighted by Crippen LogP contribution is 2.26. The van der Waals surface area contributed by atoms with Crippen LogP contribution in [-0.4, -0.2) is 27.1 Å². The molecular weight excluding hydrogens is 382 g/mol. The van der Waals surface area contributed by atoms with Gasteiger partial charge in [-0.15, -0.1) is 11.3 Å². The molecule has 1 amide bonds. The molecule has 0 saturated carbocycles. The van der Waals surface area contributed by atoms with Gasteiger partial charge in [-0.1, -0.05) is 48.5 Å². The molecule has 1 heterocycles. The Morgan fingerprint density at radius 2 is 1.63 bits per heavy atom. The third kappa shape index (κ3) is 5.33. The highest BCUT2D eigenvalue weighted by molar-refractivity contribution is 7.89. The first kappa shape index (κ1) is 19.0. The van der Waals surface area contributed by atoms with Crippen LogP contribution < -0.4 is 10.1 Å². The Morgan fingerprint density at radius 3 is 2.33 bits per heavy atom. The molecule has 27 heavy (non-hydrogen) atoms. The normalized spacial score (nSPS) is 11.6. The molecule has 0 aliphatic rings. The smallest absolute Gasteiger partial charge is 0.255 e. The standard InChI is InChI=1S/C19H17N3O3S2/c23-19(14-21-27(24,25)17-9-5-2-6-10-17)22-20-13-16-11-12-18(26-16)15-7-3-1-4-8-15/h1-13,21H,14H2,(H,22,23)/b20-13-. The molecule has 0 atom stereocenters. The lowest BCUT2D eigenvalue weighted by Gasteiger charge is -2.05. The molecule has 0 aliphatic heterocycles. The van der Waals surface area contributed by atoms with E-state index in [9.17, 15) is 13.2 Å². The SMILES string of the molecule is O=C(CNS(=O)(=O)c1ccccc1)N/N=C\c1ccc(-c2ccccc2)s1. The Morgan fingerprint density at radius 1 is 0.963 bits per heavy atom. The summed E-state index contributed by atoms with van der Waals surface area (Å²) in [6.45, 7) is -0.395. The van der Waals surface area contributed by atoms with Crippen LogP contribution in [0.15, 0.2) is 82.8 Å². The maximum Gasteiger partial charge on any atom is 0.255 e. The van der Waals surface area contributed by atoms with Crippen molar-refractivity contribution in [2.24, 2.45) is 5.10 Å². The molecule has 0 saturated heterocycles. The van der Waals surface area contributed by atoms with Crippen LogP contribution in [0.1, 0.15) is 4.88 Å². The number of sulfonamides is 1. The zero-order valence-corrected chi connectivity index (χ0v) is 15.8. The molecule has 0 bridgehead atoms. The van der Waals surface area contributed by atoms with Crippen molar-refractivity contribution in [1.82, 2.24) is 10.1 Å². The van der Waals surface area contributed by atoms with Gasteiger partial charge in [0.15, 0.2) is 0 Å². The Bertz CT molecular complexity index is 1030. The number of hydrazone groups is 1. The molecule has 2 aromatic carbocycles. The number of hydrogen-bond donors (Lipinski definition) is 2. The summed E-state index contributed by atoms with van der Waals surface area (Å²) >= 11 is 1.54. The van der Waals surface area contributed by atoms with Crippen molar-refractivity contribution in [3.05, 3.63) is 77.7 Å². The highest BCUT2D eigenvalue weighted by Gasteiger charge is 2.14. The van der Waals surface area contributed by atoms with Gasteiger partial charge in [0.05, 0.1) is 17.7 Å². The van der Waals surface area contributed by atoms with Crippen LogP contribution in [0.4, 0.5) is 0 Å². The molecule has 138 valence electrons. The van der Waals surface area contributed by atoms with Crippen LogP contribution in [0.3, 0.4) is 0 Å². The molecule has 6 nitrogen and oxygen atoms in total. The largest absolute Gasteiger partial charge is 0.272 e. The summed E-state index contributed by atoms with van der Waals surface area (Å²) < 4.78 is 26.3. The Kier molecular flexibility index (Phi) is 6.12.